The molecule has 18 heteroatoms. The monoisotopic (exact) mass is 876 g/mol. The van der Waals surface area contributed by atoms with Crippen LogP contribution >= 0.6 is 11.3 Å². The number of nitrogens with zero attached hydrogens (tertiary/aromatic N) is 2. The molecule has 0 radical (unpaired) electrons. The van der Waals surface area contributed by atoms with Gasteiger partial charge >= 0.3 is 0 Å². The van der Waals surface area contributed by atoms with Gasteiger partial charge in [-0.05, 0) is 42.5 Å². The van der Waals surface area contributed by atoms with E-state index < -0.39 is 39.6 Å². The van der Waals surface area contributed by atoms with E-state index in [0.29, 0.717) is 39.6 Å². The van der Waals surface area contributed by atoms with Crippen LogP contribution in [-0.4, -0.2) is 139 Å². The summed E-state index contributed by atoms with van der Waals surface area (Å²) in [6, 6.07) is 12.5. The number of nitrogens with one attached hydrogen (secondary N) is 2. The Kier molecular flexibility index (Phi) is 20.0. The van der Waals surface area contributed by atoms with Gasteiger partial charge in [-0.2, -0.15) is 8.42 Å². The van der Waals surface area contributed by atoms with Crippen LogP contribution in [-0.2, 0) is 58.9 Å². The van der Waals surface area contributed by atoms with E-state index in [-0.39, 0.29) is 75.7 Å². The minimum absolute atomic E-state index is 0.00894. The van der Waals surface area contributed by atoms with E-state index in [1.165, 1.54) is 17.0 Å². The summed E-state index contributed by atoms with van der Waals surface area (Å²) in [7, 11) is -3.81. The number of aliphatic hydroxyl groups excluding tert-OH is 1. The number of carbonyl (C=O) groups is 3. The summed E-state index contributed by atoms with van der Waals surface area (Å²) >= 11 is 1.57. The number of hydrogen-bond acceptors (Lipinski definition) is 14. The van der Waals surface area contributed by atoms with Gasteiger partial charge < -0.3 is 44.3 Å². The molecule has 0 saturated carbocycles. The number of benzene rings is 2. The first kappa shape index (κ1) is 48.8. The van der Waals surface area contributed by atoms with E-state index >= 15 is 0 Å². The first-order chi connectivity index (χ1) is 28.7. The van der Waals surface area contributed by atoms with Crippen LogP contribution in [0.3, 0.4) is 0 Å². The number of carbonyl (C=O) groups excluding carboxylic acids is 3. The van der Waals surface area contributed by atoms with Crippen LogP contribution in [0, 0.1) is 19.3 Å². The zero-order valence-electron chi connectivity index (χ0n) is 35.2. The average Bonchev–Trinajstić information content (AvgIpc) is 3.83. The van der Waals surface area contributed by atoms with Crippen LogP contribution in [0.25, 0.3) is 10.4 Å². The van der Waals surface area contributed by atoms with Crippen molar-refractivity contribution < 1.29 is 55.8 Å². The summed E-state index contributed by atoms with van der Waals surface area (Å²) in [6.45, 7) is 12.3. The van der Waals surface area contributed by atoms with Gasteiger partial charge in [0.05, 0.1) is 99.8 Å². The molecule has 3 N–H and O–H groups in total. The molecule has 4 rings (SSSR count). The van der Waals surface area contributed by atoms with Crippen molar-refractivity contribution in [1.29, 1.82) is 0 Å². The summed E-state index contributed by atoms with van der Waals surface area (Å²) in [4.78, 5) is 47.0. The summed E-state index contributed by atoms with van der Waals surface area (Å²) in [5.41, 5.74) is 4.99. The van der Waals surface area contributed by atoms with Crippen LogP contribution in [0.1, 0.15) is 50.4 Å². The Bertz CT molecular complexity index is 1890. The first-order valence-corrected chi connectivity index (χ1v) is 22.3. The summed E-state index contributed by atoms with van der Waals surface area (Å²) < 4.78 is 56.6. The number of amides is 3. The second-order valence-corrected chi connectivity index (χ2v) is 17.8. The van der Waals surface area contributed by atoms with Gasteiger partial charge in [0.1, 0.15) is 12.1 Å². The molecule has 60 heavy (non-hydrogen) atoms. The molecule has 3 atom stereocenters. The predicted octanol–water partition coefficient (Wildman–Crippen LogP) is 3.41. The van der Waals surface area contributed by atoms with Crippen molar-refractivity contribution in [2.24, 2.45) is 5.41 Å². The molecular weight excluding hydrogens is 817 g/mol. The largest absolute Gasteiger partial charge is 0.391 e. The summed E-state index contributed by atoms with van der Waals surface area (Å²) in [5.74, 6) is -1.17. The second kappa shape index (κ2) is 24.6. The third-order valence-corrected chi connectivity index (χ3v) is 11.8. The molecule has 1 aliphatic heterocycles. The third kappa shape index (κ3) is 16.2. The van der Waals surface area contributed by atoms with Crippen LogP contribution < -0.4 is 10.6 Å². The van der Waals surface area contributed by atoms with Crippen molar-refractivity contribution in [3.05, 3.63) is 70.9 Å². The van der Waals surface area contributed by atoms with Gasteiger partial charge in [0, 0.05) is 25.9 Å². The van der Waals surface area contributed by atoms with E-state index in [1.54, 1.807) is 23.5 Å². The molecule has 16 nitrogen and oxygen atoms in total. The highest BCUT2D eigenvalue weighted by Crippen LogP contribution is 2.28. The lowest BCUT2D eigenvalue weighted by atomic mass is 9.85. The topological polar surface area (TPSA) is 201 Å². The van der Waals surface area contributed by atoms with Crippen molar-refractivity contribution in [3.8, 4) is 10.4 Å². The third-order valence-electron chi connectivity index (χ3n) is 9.45. The Balaban J connectivity index is 1.02. The van der Waals surface area contributed by atoms with E-state index in [1.807, 2.05) is 64.4 Å². The number of thiazole rings is 1. The van der Waals surface area contributed by atoms with Gasteiger partial charge in [0.2, 0.25) is 17.7 Å². The number of hydrogen-bond donors (Lipinski definition) is 3. The number of ether oxygens (including phenoxy) is 5. The summed E-state index contributed by atoms with van der Waals surface area (Å²) in [5, 5.41) is 16.2. The van der Waals surface area contributed by atoms with Crippen LogP contribution in [0.15, 0.2) is 58.9 Å². The van der Waals surface area contributed by atoms with E-state index in [2.05, 4.69) is 15.6 Å². The highest BCUT2D eigenvalue weighted by Gasteiger charge is 2.44. The van der Waals surface area contributed by atoms with Gasteiger partial charge in [-0.15, -0.1) is 11.3 Å². The molecule has 0 bridgehead atoms. The highest BCUT2D eigenvalue weighted by atomic mass is 32.2. The molecule has 3 amide bonds. The Hall–Kier alpha value is -3.85. The Morgan fingerprint density at radius 2 is 1.38 bits per heavy atom. The fourth-order valence-corrected chi connectivity index (χ4v) is 7.84. The quantitative estimate of drug-likeness (QED) is 0.0784. The van der Waals surface area contributed by atoms with Gasteiger partial charge in [-0.1, -0.05) is 62.7 Å². The molecule has 0 unspecified atom stereocenters. The molecule has 0 spiro atoms. The standard InChI is InChI=1S/C42H60N4O12S2/c1-30-6-12-35(13-7-30)60(51,52)58-25-24-57-23-22-56-21-20-55-19-18-54-17-16-53-15-14-37(48)45-39(42(3,4)5)41(50)46-28-34(47)26-36(46)40(49)43-27-32-8-10-33(11-9-32)38-31(2)44-29-59-38/h6-13,29,34,36,39,47H,14-28H2,1-5H3,(H,43,49)(H,45,48)/t34-,36-,39+/m0/s1. The molecular formula is C42H60N4O12S2. The summed E-state index contributed by atoms with van der Waals surface area (Å²) in [6.07, 6.45) is -0.743. The first-order valence-electron chi connectivity index (χ1n) is 20.1. The Morgan fingerprint density at radius 3 is 1.92 bits per heavy atom. The van der Waals surface area contributed by atoms with Crippen molar-refractivity contribution >= 4 is 39.2 Å². The van der Waals surface area contributed by atoms with Crippen LogP contribution in [0.2, 0.25) is 0 Å². The number of aromatic nitrogens is 1. The lowest BCUT2D eigenvalue weighted by Gasteiger charge is -2.35. The maximum absolute atomic E-state index is 13.9. The lowest BCUT2D eigenvalue weighted by molar-refractivity contribution is -0.144. The van der Waals surface area contributed by atoms with Gasteiger partial charge in [0.15, 0.2) is 0 Å². The highest BCUT2D eigenvalue weighted by molar-refractivity contribution is 7.86. The minimum Gasteiger partial charge on any atom is -0.391 e. The maximum Gasteiger partial charge on any atom is 0.297 e. The van der Waals surface area contributed by atoms with Gasteiger partial charge in [0.25, 0.3) is 10.1 Å². The van der Waals surface area contributed by atoms with Crippen molar-refractivity contribution in [2.75, 3.05) is 79.2 Å². The number of rotatable bonds is 26. The number of β-amino-alcohol motifs (C(OH)–C–C–N with tert-alkyl or cyclic N) is 1. The van der Waals surface area contributed by atoms with Crippen molar-refractivity contribution in [2.45, 2.75) is 77.1 Å². The number of aliphatic hydroxyl groups is 1. The van der Waals surface area contributed by atoms with Crippen LogP contribution in [0.4, 0.5) is 0 Å². The second-order valence-electron chi connectivity index (χ2n) is 15.3. The average molecular weight is 877 g/mol. The van der Waals surface area contributed by atoms with Gasteiger partial charge in [-0.25, -0.2) is 4.98 Å². The fourth-order valence-electron chi connectivity index (χ4n) is 6.14. The maximum atomic E-state index is 13.9. The lowest BCUT2D eigenvalue weighted by Crippen LogP contribution is -2.57. The molecule has 0 aliphatic carbocycles. The number of likely N-dealkylation sites (tertiary alicyclic amines) is 1. The molecule has 2 heterocycles. The Labute approximate surface area is 357 Å². The zero-order valence-corrected chi connectivity index (χ0v) is 36.8. The predicted molar refractivity (Wildman–Crippen MR) is 225 cm³/mol. The smallest absolute Gasteiger partial charge is 0.297 e. The van der Waals surface area contributed by atoms with Crippen molar-refractivity contribution in [1.82, 2.24) is 20.5 Å². The van der Waals surface area contributed by atoms with Gasteiger partial charge in [-0.3, -0.25) is 18.6 Å². The molecule has 2 aromatic carbocycles. The SMILES string of the molecule is Cc1ccc(S(=O)(=O)OCCOCCOCCOCCOCCOCCC(=O)N[C@H](C(=O)N2C[C@@H](O)C[C@H]2C(=O)NCc2ccc(-c3scnc3C)cc2)C(C)(C)C)cc1. The minimum atomic E-state index is -3.81. The normalized spacial score (nSPS) is 16.2. The van der Waals surface area contributed by atoms with Crippen molar-refractivity contribution in [3.63, 3.8) is 0 Å². The van der Waals surface area contributed by atoms with Crippen LogP contribution in [0.5, 0.6) is 0 Å². The number of aryl methyl sites for hydroxylation is 2. The fraction of sp³-hybridized carbons (Fsp3) is 0.571. The molecule has 3 aromatic rings. The van der Waals surface area contributed by atoms with E-state index in [4.69, 9.17) is 27.9 Å². The molecule has 1 saturated heterocycles. The molecule has 1 aromatic heterocycles. The molecule has 1 aliphatic rings. The zero-order chi connectivity index (χ0) is 43.5. The molecule has 1 fully saturated rings. The molecule has 332 valence electrons. The van der Waals surface area contributed by atoms with E-state index in [0.717, 1.165) is 27.3 Å². The van der Waals surface area contributed by atoms with E-state index in [9.17, 15) is 27.9 Å². The Morgan fingerprint density at radius 1 is 0.833 bits per heavy atom.